The molecule has 5 atom stereocenters. The van der Waals surface area contributed by atoms with Crippen molar-refractivity contribution in [3.8, 4) is 5.75 Å². The molecule has 1 aromatic carbocycles. The van der Waals surface area contributed by atoms with Crippen LogP contribution in [0.25, 0.3) is 0 Å². The van der Waals surface area contributed by atoms with Crippen LogP contribution in [0.5, 0.6) is 5.75 Å². The van der Waals surface area contributed by atoms with Crippen molar-refractivity contribution in [3.63, 3.8) is 0 Å². The van der Waals surface area contributed by atoms with Crippen molar-refractivity contribution in [1.82, 2.24) is 0 Å². The Bertz CT molecular complexity index is 1040. The van der Waals surface area contributed by atoms with E-state index in [1.807, 2.05) is 0 Å². The van der Waals surface area contributed by atoms with E-state index in [1.54, 1.807) is 11.1 Å². The quantitative estimate of drug-likeness (QED) is 0.180. The van der Waals surface area contributed by atoms with Crippen molar-refractivity contribution in [1.29, 1.82) is 0 Å². The number of rotatable bonds is 2. The van der Waals surface area contributed by atoms with E-state index in [9.17, 15) is 5.11 Å². The maximum absolute atomic E-state index is 11.8. The molecule has 5 unspecified atom stereocenters. The van der Waals surface area contributed by atoms with Gasteiger partial charge in [-0.05, 0) is 95.2 Å². The van der Waals surface area contributed by atoms with Crippen LogP contribution >= 0.6 is 38.4 Å². The summed E-state index contributed by atoms with van der Waals surface area (Å²) in [5.74, 6) is 3.11. The Balaban J connectivity index is 0.00000163. The Morgan fingerprint density at radius 1 is 0.784 bits per heavy atom. The van der Waals surface area contributed by atoms with Crippen LogP contribution in [-0.2, 0) is 22.5 Å². The molecule has 1 fully saturated rings. The van der Waals surface area contributed by atoms with E-state index in [0.717, 1.165) is 5.56 Å². The number of phenols is 1. The number of allylic oxidation sites excluding steroid dienone is 4. The van der Waals surface area contributed by atoms with E-state index >= 15 is 0 Å². The van der Waals surface area contributed by atoms with Gasteiger partial charge in [-0.3, -0.25) is 0 Å². The number of halogens is 2. The Hall–Kier alpha value is 0.891. The van der Waals surface area contributed by atoms with Gasteiger partial charge in [-0.2, -0.15) is 0 Å². The first-order chi connectivity index (χ1) is 16.2. The molecule has 0 saturated heterocycles. The first-order valence-corrected chi connectivity index (χ1v) is 26.6. The standard InChI is InChI=1S/C31H50OSi.CH3.2HI.Ti/c1-17-18(2)20(4)27-26(19(17)3)21(5)22(6)29(27)33(13,14)25-16-23(30(7,8)9)15-24(28(25)32)31(10,11)12;;;;/h15-16,21-22,26-27,29,32H,1-14H3;1H3;2*1H;/q;-1;;;+2/p-2. The second-order valence-corrected chi connectivity index (χ2v) is 32.0. The molecular formula is C32H53I2OSiTi-. The van der Waals surface area contributed by atoms with Crippen molar-refractivity contribution >= 4 is 51.6 Å². The van der Waals surface area contributed by atoms with Crippen LogP contribution in [0.4, 0.5) is 0 Å². The van der Waals surface area contributed by atoms with Gasteiger partial charge in [-0.25, -0.2) is 0 Å². The number of fused-ring (bicyclic) bond motifs is 1. The van der Waals surface area contributed by atoms with Crippen LogP contribution < -0.4 is 5.19 Å². The van der Waals surface area contributed by atoms with E-state index < -0.39 is 8.07 Å². The zero-order chi connectivity index (χ0) is 28.1. The number of hydrogen-bond acceptors (Lipinski definition) is 1. The number of aromatic hydroxyl groups is 1. The van der Waals surface area contributed by atoms with E-state index in [2.05, 4.69) is 147 Å². The fourth-order valence-electron chi connectivity index (χ4n) is 7.24. The molecule has 0 aromatic heterocycles. The van der Waals surface area contributed by atoms with E-state index in [-0.39, 0.29) is 18.3 Å². The molecule has 3 rings (SSSR count). The molecule has 0 aliphatic heterocycles. The molecule has 1 nitrogen and oxygen atoms in total. The van der Waals surface area contributed by atoms with Gasteiger partial charge in [0.15, 0.2) is 0 Å². The molecule has 37 heavy (non-hydrogen) atoms. The molecule has 210 valence electrons. The molecule has 1 saturated carbocycles. The van der Waals surface area contributed by atoms with Crippen LogP contribution in [0, 0.1) is 31.1 Å². The van der Waals surface area contributed by atoms with Gasteiger partial charge < -0.3 is 12.5 Å². The molecule has 1 N–H and O–H groups in total. The van der Waals surface area contributed by atoms with Crippen LogP contribution in [-0.4, -0.2) is 13.2 Å². The first kappa shape index (κ1) is 35.9. The van der Waals surface area contributed by atoms with Crippen LogP contribution in [0.1, 0.15) is 94.2 Å². The molecule has 2 aliphatic rings. The Morgan fingerprint density at radius 3 is 1.62 bits per heavy atom. The fraction of sp³-hybridized carbons (Fsp3) is 0.656. The molecular weight excluding hydrogens is 730 g/mol. The number of hydrogen-bond donors (Lipinski definition) is 1. The average molecular weight is 784 g/mol. The van der Waals surface area contributed by atoms with Crippen molar-refractivity contribution in [2.24, 2.45) is 23.7 Å². The monoisotopic (exact) mass is 783 g/mol. The van der Waals surface area contributed by atoms with Crippen molar-refractivity contribution < 1.29 is 16.8 Å². The van der Waals surface area contributed by atoms with Gasteiger partial charge >= 0.3 is 50.0 Å². The average Bonchev–Trinajstić information content (AvgIpc) is 3.01. The topological polar surface area (TPSA) is 20.2 Å². The van der Waals surface area contributed by atoms with E-state index in [0.29, 0.717) is 46.6 Å². The molecule has 0 radical (unpaired) electrons. The van der Waals surface area contributed by atoms with E-state index in [1.165, 1.54) is 21.9 Å². The summed E-state index contributed by atoms with van der Waals surface area (Å²) in [6.45, 7) is 33.1. The van der Waals surface area contributed by atoms with Gasteiger partial charge in [0.05, 0.1) is 8.07 Å². The minimum absolute atomic E-state index is 0. The molecule has 1 aromatic rings. The number of benzene rings is 1. The summed E-state index contributed by atoms with van der Waals surface area (Å²) >= 11 is 5.24. The van der Waals surface area contributed by atoms with Gasteiger partial charge in [0, 0.05) is 0 Å². The summed E-state index contributed by atoms with van der Waals surface area (Å²) in [4.78, 5) is 0. The summed E-state index contributed by atoms with van der Waals surface area (Å²) in [5, 5.41) is 13.1. The summed E-state index contributed by atoms with van der Waals surface area (Å²) in [6, 6.07) is 4.67. The van der Waals surface area contributed by atoms with Crippen molar-refractivity contribution in [2.45, 2.75) is 113 Å². The van der Waals surface area contributed by atoms with Crippen LogP contribution in [0.3, 0.4) is 0 Å². The van der Waals surface area contributed by atoms with Crippen molar-refractivity contribution in [2.75, 3.05) is 0 Å². The van der Waals surface area contributed by atoms with Crippen LogP contribution in [0.2, 0.25) is 18.6 Å². The van der Waals surface area contributed by atoms with Gasteiger partial charge in [-0.1, -0.05) is 91.8 Å². The zero-order valence-electron chi connectivity index (χ0n) is 26.2. The maximum atomic E-state index is 11.8. The first-order valence-electron chi connectivity index (χ1n) is 13.4. The molecule has 0 heterocycles. The summed E-state index contributed by atoms with van der Waals surface area (Å²) in [7, 11) is -2.05. The third-order valence-electron chi connectivity index (χ3n) is 9.79. The Labute approximate surface area is 260 Å². The van der Waals surface area contributed by atoms with Crippen molar-refractivity contribution in [3.05, 3.63) is 53.0 Å². The normalized spacial score (nSPS) is 26.3. The number of phenolic OH excluding ortho intramolecular Hbond substituents is 1. The summed E-state index contributed by atoms with van der Waals surface area (Å²) in [6.07, 6.45) is 0. The van der Waals surface area contributed by atoms with Gasteiger partial charge in [0.25, 0.3) is 0 Å². The van der Waals surface area contributed by atoms with Gasteiger partial charge in [0.1, 0.15) is 5.75 Å². The van der Waals surface area contributed by atoms with Crippen LogP contribution in [0.15, 0.2) is 34.4 Å². The Kier molecular flexibility index (Phi) is 12.4. The SMILES string of the molecule is CC1=C(C)C2C(C)C(C)C([Si](C)(C)c3cc(C(C)(C)C)cc(C(C)(C)C)c3O)C2C(C)=C1C.[CH3-].[I][Ti][I]. The summed E-state index contributed by atoms with van der Waals surface area (Å²) < 4.78 is 0. The Morgan fingerprint density at radius 2 is 1.22 bits per heavy atom. The predicted octanol–water partition coefficient (Wildman–Crippen LogP) is 10.7. The summed E-state index contributed by atoms with van der Waals surface area (Å²) in [5.41, 5.74) is 9.28. The molecule has 0 amide bonds. The molecule has 0 bridgehead atoms. The van der Waals surface area contributed by atoms with E-state index in [4.69, 9.17) is 0 Å². The molecule has 0 spiro atoms. The minimum atomic E-state index is -2.05. The second kappa shape index (κ2) is 12.8. The van der Waals surface area contributed by atoms with Gasteiger partial charge in [0.2, 0.25) is 0 Å². The molecule has 5 heteroatoms. The predicted molar refractivity (Wildman–Crippen MR) is 183 cm³/mol. The molecule has 2 aliphatic carbocycles. The third kappa shape index (κ3) is 6.86. The van der Waals surface area contributed by atoms with Gasteiger partial charge in [-0.15, -0.1) is 0 Å². The fourth-order valence-corrected chi connectivity index (χ4v) is 11.8. The third-order valence-corrected chi connectivity index (χ3v) is 14.1. The zero-order valence-corrected chi connectivity index (χ0v) is 33.1. The second-order valence-electron chi connectivity index (χ2n) is 14.1.